The second kappa shape index (κ2) is 9.02. The zero-order chi connectivity index (χ0) is 25.7. The summed E-state index contributed by atoms with van der Waals surface area (Å²) in [7, 11) is -6.03. The molecule has 2 atom stereocenters. The summed E-state index contributed by atoms with van der Waals surface area (Å²) in [5.41, 5.74) is -1.83. The van der Waals surface area contributed by atoms with Crippen LogP contribution < -0.4 is 8.92 Å². The lowest BCUT2D eigenvalue weighted by atomic mass is 9.72. The lowest BCUT2D eigenvalue weighted by Gasteiger charge is -2.40. The molecule has 0 saturated heterocycles. The smallest absolute Gasteiger partial charge is 0.497 e. The molecule has 1 N–H and O–H groups in total. The molecule has 1 fully saturated rings. The topological polar surface area (TPSA) is 72.8 Å². The number of fused-ring (bicyclic) bond motifs is 1. The van der Waals surface area contributed by atoms with Crippen LogP contribution in [0.4, 0.5) is 13.2 Å². The molecule has 1 aromatic carbocycles. The van der Waals surface area contributed by atoms with Gasteiger partial charge in [-0.15, -0.1) is 0 Å². The Morgan fingerprint density at radius 2 is 1.85 bits per heavy atom. The molecule has 0 spiro atoms. The van der Waals surface area contributed by atoms with Gasteiger partial charge in [0.15, 0.2) is 0 Å². The van der Waals surface area contributed by atoms with Crippen LogP contribution >= 0.6 is 0 Å². The molecule has 34 heavy (non-hydrogen) atoms. The number of rotatable bonds is 7. The first kappa shape index (κ1) is 26.8. The van der Waals surface area contributed by atoms with E-state index >= 15 is 0 Å². The summed E-state index contributed by atoms with van der Waals surface area (Å²) in [4.78, 5) is 0. The second-order valence-corrected chi connectivity index (χ2v) is 17.2. The number of hydrogen-bond donors (Lipinski definition) is 1. The van der Waals surface area contributed by atoms with Crippen molar-refractivity contribution >= 4 is 18.2 Å². The van der Waals surface area contributed by atoms with Crippen LogP contribution in [0.5, 0.6) is 11.5 Å². The lowest BCUT2D eigenvalue weighted by molar-refractivity contribution is -0.0500. The van der Waals surface area contributed by atoms with Gasteiger partial charge < -0.3 is 14.0 Å². The Morgan fingerprint density at radius 1 is 1.21 bits per heavy atom. The van der Waals surface area contributed by atoms with Crippen LogP contribution in [0.15, 0.2) is 40.1 Å². The van der Waals surface area contributed by atoms with Gasteiger partial charge >= 0.3 is 15.6 Å². The molecule has 0 unspecified atom stereocenters. The van der Waals surface area contributed by atoms with E-state index in [0.717, 1.165) is 12.0 Å². The third-order valence-electron chi connectivity index (χ3n) is 6.99. The van der Waals surface area contributed by atoms with Crippen molar-refractivity contribution in [3.63, 3.8) is 0 Å². The highest BCUT2D eigenvalue weighted by molar-refractivity contribution is 7.88. The summed E-state index contributed by atoms with van der Waals surface area (Å²) in [6.45, 7) is 11.1. The van der Waals surface area contributed by atoms with Crippen molar-refractivity contribution in [1.82, 2.24) is 0 Å². The Morgan fingerprint density at radius 3 is 2.41 bits per heavy atom. The number of hydrogen-bond acceptors (Lipinski definition) is 5. The van der Waals surface area contributed by atoms with Crippen LogP contribution in [0.2, 0.25) is 19.6 Å². The Kier molecular flexibility index (Phi) is 7.11. The van der Waals surface area contributed by atoms with Gasteiger partial charge in [0.1, 0.15) is 11.5 Å². The summed E-state index contributed by atoms with van der Waals surface area (Å²) >= 11 is 0. The van der Waals surface area contributed by atoms with E-state index in [1.165, 1.54) is 41.7 Å². The lowest BCUT2D eigenvalue weighted by Crippen LogP contribution is -2.33. The maximum atomic E-state index is 12.9. The van der Waals surface area contributed by atoms with E-state index in [2.05, 4.69) is 37.7 Å². The average molecular weight is 519 g/mol. The van der Waals surface area contributed by atoms with Crippen molar-refractivity contribution in [3.8, 4) is 11.5 Å². The van der Waals surface area contributed by atoms with Crippen LogP contribution in [0.1, 0.15) is 45.1 Å². The molecule has 0 aromatic heterocycles. The molecule has 10 heteroatoms. The molecule has 2 aliphatic rings. The Hall–Kier alpha value is -1.78. The van der Waals surface area contributed by atoms with Crippen LogP contribution in [-0.2, 0) is 16.5 Å². The van der Waals surface area contributed by atoms with Gasteiger partial charge in [0.25, 0.3) is 0 Å². The molecule has 0 aliphatic heterocycles. The molecule has 0 amide bonds. The number of halogens is 3. The molecule has 5 nitrogen and oxygen atoms in total. The third kappa shape index (κ3) is 5.23. The number of benzene rings is 1. The van der Waals surface area contributed by atoms with Crippen LogP contribution in [-0.4, -0.2) is 40.3 Å². The first-order valence-corrected chi connectivity index (χ1v) is 16.2. The molecular weight excluding hydrogens is 485 g/mol. The van der Waals surface area contributed by atoms with Crippen molar-refractivity contribution in [2.75, 3.05) is 7.11 Å². The molecule has 0 bridgehead atoms. The highest BCUT2D eigenvalue weighted by atomic mass is 32.2. The molecule has 3 rings (SSSR count). The summed E-state index contributed by atoms with van der Waals surface area (Å²) in [6.07, 6.45) is 2.52. The minimum Gasteiger partial charge on any atom is -0.497 e. The fraction of sp³-hybridized carbons (Fsp3) is 0.583. The first-order valence-electron chi connectivity index (χ1n) is 11.3. The van der Waals surface area contributed by atoms with E-state index < -0.39 is 29.8 Å². The summed E-state index contributed by atoms with van der Waals surface area (Å²) in [6, 6.07) is 4.07. The molecule has 0 radical (unpaired) electrons. The third-order valence-corrected chi connectivity index (χ3v) is 10.3. The van der Waals surface area contributed by atoms with Crippen molar-refractivity contribution in [3.05, 3.63) is 45.7 Å². The van der Waals surface area contributed by atoms with E-state index in [0.29, 0.717) is 30.6 Å². The van der Waals surface area contributed by atoms with Gasteiger partial charge in [0.05, 0.1) is 21.3 Å². The van der Waals surface area contributed by atoms with Gasteiger partial charge in [-0.25, -0.2) is 0 Å². The standard InChI is InChI=1S/C24H33F3O5SSi/c1-15-19(20-12-17(28)13-23(20,2)14-22(15)34(4,5)6)9-7-16-11-18(31-3)8-10-21(16)32-33(29,30)24(25,26)27/h8,10-11,17,28H,7,9,12-14H2,1-6H3/t17-,23+/m1/s1. The van der Waals surface area contributed by atoms with Crippen LogP contribution in [0.25, 0.3) is 0 Å². The number of ether oxygens (including phenoxy) is 1. The predicted octanol–water partition coefficient (Wildman–Crippen LogP) is 5.91. The fourth-order valence-corrected chi connectivity index (χ4v) is 8.04. The van der Waals surface area contributed by atoms with Crippen molar-refractivity contribution in [2.45, 2.75) is 77.2 Å². The highest BCUT2D eigenvalue weighted by Gasteiger charge is 2.49. The molecule has 1 saturated carbocycles. The van der Waals surface area contributed by atoms with E-state index in [9.17, 15) is 26.7 Å². The number of aryl methyl sites for hydroxylation is 1. The van der Waals surface area contributed by atoms with Gasteiger partial charge in [0.2, 0.25) is 0 Å². The highest BCUT2D eigenvalue weighted by Crippen LogP contribution is 2.55. The number of allylic oxidation sites excluding steroid dienone is 3. The summed E-state index contributed by atoms with van der Waals surface area (Å²) < 4.78 is 71.8. The quantitative estimate of drug-likeness (QED) is 0.276. The van der Waals surface area contributed by atoms with Crippen LogP contribution in [0.3, 0.4) is 0 Å². The Balaban J connectivity index is 2.02. The average Bonchev–Trinajstić information content (AvgIpc) is 3.00. The molecule has 1 aromatic rings. The summed E-state index contributed by atoms with van der Waals surface area (Å²) in [5.74, 6) is 0.0324. The zero-order valence-corrected chi connectivity index (χ0v) is 22.3. The van der Waals surface area contributed by atoms with Crippen molar-refractivity contribution < 1.29 is 35.6 Å². The van der Waals surface area contributed by atoms with E-state index in [4.69, 9.17) is 4.74 Å². The van der Waals surface area contributed by atoms with Gasteiger partial charge in [-0.05, 0) is 73.8 Å². The Bertz CT molecular complexity index is 1130. The maximum Gasteiger partial charge on any atom is 0.534 e. The van der Waals surface area contributed by atoms with Crippen molar-refractivity contribution in [1.29, 1.82) is 0 Å². The molecule has 2 aliphatic carbocycles. The van der Waals surface area contributed by atoms with E-state index in [1.54, 1.807) is 0 Å². The maximum absolute atomic E-state index is 12.9. The van der Waals surface area contributed by atoms with Gasteiger partial charge in [-0.3, -0.25) is 0 Å². The minimum absolute atomic E-state index is 0.142. The van der Waals surface area contributed by atoms with Gasteiger partial charge in [-0.2, -0.15) is 21.6 Å². The molecule has 190 valence electrons. The van der Waals surface area contributed by atoms with Crippen LogP contribution in [0, 0.1) is 5.41 Å². The second-order valence-electron chi connectivity index (χ2n) is 10.6. The number of alkyl halides is 3. The number of methoxy groups -OCH3 is 1. The monoisotopic (exact) mass is 518 g/mol. The van der Waals surface area contributed by atoms with Gasteiger partial charge in [-0.1, -0.05) is 42.9 Å². The SMILES string of the molecule is COc1ccc(OS(=O)(=O)C(F)(F)F)c(CCC2=C3C[C@@H](O)C[C@@]3(C)CC([Si](C)(C)C)=C2C)c1. The Labute approximate surface area is 200 Å². The predicted molar refractivity (Wildman–Crippen MR) is 128 cm³/mol. The number of aliphatic hydroxyl groups excluding tert-OH is 1. The molecule has 0 heterocycles. The largest absolute Gasteiger partial charge is 0.534 e. The minimum atomic E-state index is -5.80. The fourth-order valence-electron chi connectivity index (χ4n) is 5.35. The van der Waals surface area contributed by atoms with E-state index in [-0.39, 0.29) is 17.6 Å². The van der Waals surface area contributed by atoms with Gasteiger partial charge in [0, 0.05) is 0 Å². The summed E-state index contributed by atoms with van der Waals surface area (Å²) in [5, 5.41) is 11.9. The first-order chi connectivity index (χ1) is 15.5. The van der Waals surface area contributed by atoms with E-state index in [1.807, 2.05) is 0 Å². The van der Waals surface area contributed by atoms with Crippen molar-refractivity contribution in [2.24, 2.45) is 5.41 Å². The number of aliphatic hydroxyl groups is 1. The zero-order valence-electron chi connectivity index (χ0n) is 20.5. The normalized spacial score (nSPS) is 23.9. The molecular formula is C24H33F3O5SSi.